The summed E-state index contributed by atoms with van der Waals surface area (Å²) in [5, 5.41) is 9.45. The Balaban J connectivity index is 2.74. The van der Waals surface area contributed by atoms with Crippen LogP contribution >= 0.6 is 0 Å². The quantitative estimate of drug-likeness (QED) is 0.926. The van der Waals surface area contributed by atoms with E-state index in [2.05, 4.69) is 0 Å². The highest BCUT2D eigenvalue weighted by molar-refractivity contribution is 5.85. The molecule has 0 saturated carbocycles. The Morgan fingerprint density at radius 3 is 2.70 bits per heavy atom. The second-order valence-electron chi connectivity index (χ2n) is 4.95. The van der Waals surface area contributed by atoms with E-state index in [1.165, 1.54) is 6.07 Å². The lowest BCUT2D eigenvalue weighted by Crippen LogP contribution is -2.16. The molecular weight excluding hydrogens is 258 g/mol. The molecule has 0 aliphatic carbocycles. The Hall–Kier alpha value is -2.30. The van der Waals surface area contributed by atoms with Crippen molar-refractivity contribution < 1.29 is 14.6 Å². The van der Waals surface area contributed by atoms with Gasteiger partial charge in [0, 0.05) is 24.2 Å². The standard InChI is InChI=1S/C15H17NO4/c1-9(2)20-13-6-4-5-11-12(17)7-10(8-14(18)19)16(3)15(11)13/h4-7,9H,8H2,1-3H3,(H,18,19). The third-order valence-electron chi connectivity index (χ3n) is 3.02. The van der Waals surface area contributed by atoms with Crippen LogP contribution < -0.4 is 10.2 Å². The molecule has 2 aromatic rings. The molecule has 1 aromatic carbocycles. The van der Waals surface area contributed by atoms with Crippen LogP contribution in [-0.2, 0) is 18.3 Å². The molecule has 0 spiro atoms. The summed E-state index contributed by atoms with van der Waals surface area (Å²) in [5.74, 6) is -0.383. The van der Waals surface area contributed by atoms with Crippen LogP contribution in [0, 0.1) is 0 Å². The lowest BCUT2D eigenvalue weighted by Gasteiger charge is -2.16. The molecule has 0 atom stereocenters. The van der Waals surface area contributed by atoms with Crippen molar-refractivity contribution in [3.63, 3.8) is 0 Å². The van der Waals surface area contributed by atoms with Crippen LogP contribution in [0.15, 0.2) is 29.1 Å². The van der Waals surface area contributed by atoms with Crippen LogP contribution in [0.4, 0.5) is 0 Å². The molecule has 0 aliphatic heterocycles. The van der Waals surface area contributed by atoms with Gasteiger partial charge in [-0.15, -0.1) is 0 Å². The lowest BCUT2D eigenvalue weighted by atomic mass is 10.1. The number of ether oxygens (including phenoxy) is 1. The lowest BCUT2D eigenvalue weighted by molar-refractivity contribution is -0.136. The molecule has 20 heavy (non-hydrogen) atoms. The first kappa shape index (κ1) is 14.1. The molecule has 0 amide bonds. The van der Waals surface area contributed by atoms with E-state index in [0.29, 0.717) is 22.3 Å². The van der Waals surface area contributed by atoms with Gasteiger partial charge in [0.1, 0.15) is 5.75 Å². The van der Waals surface area contributed by atoms with Crippen molar-refractivity contribution in [2.75, 3.05) is 0 Å². The fraction of sp³-hybridized carbons (Fsp3) is 0.333. The number of aromatic nitrogens is 1. The number of aliphatic carboxylic acids is 1. The Morgan fingerprint density at radius 1 is 1.40 bits per heavy atom. The van der Waals surface area contributed by atoms with Gasteiger partial charge in [-0.2, -0.15) is 0 Å². The Bertz CT molecular complexity index is 716. The second-order valence-corrected chi connectivity index (χ2v) is 4.95. The third-order valence-corrected chi connectivity index (χ3v) is 3.02. The molecule has 1 N–H and O–H groups in total. The zero-order chi connectivity index (χ0) is 14.9. The largest absolute Gasteiger partial charge is 0.489 e. The number of hydrogen-bond acceptors (Lipinski definition) is 3. The molecule has 5 heteroatoms. The highest BCUT2D eigenvalue weighted by atomic mass is 16.5. The molecule has 1 heterocycles. The zero-order valence-electron chi connectivity index (χ0n) is 11.7. The number of aryl methyl sites for hydroxylation is 1. The van der Waals surface area contributed by atoms with Crippen LogP contribution in [0.5, 0.6) is 5.75 Å². The monoisotopic (exact) mass is 275 g/mol. The minimum Gasteiger partial charge on any atom is -0.489 e. The van der Waals surface area contributed by atoms with Crippen molar-refractivity contribution in [1.82, 2.24) is 4.57 Å². The van der Waals surface area contributed by atoms with Gasteiger partial charge in [-0.05, 0) is 26.0 Å². The summed E-state index contributed by atoms with van der Waals surface area (Å²) in [6, 6.07) is 6.63. The normalized spacial score (nSPS) is 11.0. The zero-order valence-corrected chi connectivity index (χ0v) is 11.7. The van der Waals surface area contributed by atoms with Crippen molar-refractivity contribution >= 4 is 16.9 Å². The number of rotatable bonds is 4. The van der Waals surface area contributed by atoms with Crippen molar-refractivity contribution in [3.05, 3.63) is 40.2 Å². The SMILES string of the molecule is CC(C)Oc1cccc2c(=O)cc(CC(=O)O)n(C)c12. The van der Waals surface area contributed by atoms with E-state index in [9.17, 15) is 9.59 Å². The number of para-hydroxylation sites is 1. The molecule has 5 nitrogen and oxygen atoms in total. The highest BCUT2D eigenvalue weighted by Crippen LogP contribution is 2.25. The maximum absolute atomic E-state index is 12.1. The number of carbonyl (C=O) groups is 1. The Labute approximate surface area is 116 Å². The van der Waals surface area contributed by atoms with Crippen molar-refractivity contribution in [1.29, 1.82) is 0 Å². The van der Waals surface area contributed by atoms with Gasteiger partial charge in [0.15, 0.2) is 5.43 Å². The molecule has 1 aromatic heterocycles. The molecule has 0 fully saturated rings. The number of nitrogens with zero attached hydrogens (tertiary/aromatic N) is 1. The predicted octanol–water partition coefficient (Wildman–Crippen LogP) is 1.95. The number of hydrogen-bond donors (Lipinski definition) is 1. The van der Waals surface area contributed by atoms with Crippen LogP contribution in [0.25, 0.3) is 10.9 Å². The molecule has 0 radical (unpaired) electrons. The van der Waals surface area contributed by atoms with Crippen LogP contribution in [0.2, 0.25) is 0 Å². The smallest absolute Gasteiger partial charge is 0.309 e. The van der Waals surface area contributed by atoms with E-state index in [4.69, 9.17) is 9.84 Å². The van der Waals surface area contributed by atoms with Crippen LogP contribution in [0.1, 0.15) is 19.5 Å². The predicted molar refractivity (Wildman–Crippen MR) is 76.3 cm³/mol. The average molecular weight is 275 g/mol. The summed E-state index contributed by atoms with van der Waals surface area (Å²) in [5.41, 5.74) is 0.892. The maximum atomic E-state index is 12.1. The molecule has 106 valence electrons. The van der Waals surface area contributed by atoms with E-state index >= 15 is 0 Å². The van der Waals surface area contributed by atoms with Gasteiger partial charge >= 0.3 is 5.97 Å². The van der Waals surface area contributed by atoms with E-state index in [1.807, 2.05) is 13.8 Å². The van der Waals surface area contributed by atoms with Crippen LogP contribution in [0.3, 0.4) is 0 Å². The molecular formula is C15H17NO4. The van der Waals surface area contributed by atoms with Gasteiger partial charge in [0.2, 0.25) is 0 Å². The van der Waals surface area contributed by atoms with Crippen molar-refractivity contribution in [2.45, 2.75) is 26.4 Å². The summed E-state index contributed by atoms with van der Waals surface area (Å²) in [6.07, 6.45) is -0.226. The number of carboxylic acids is 1. The first-order valence-corrected chi connectivity index (χ1v) is 6.40. The van der Waals surface area contributed by atoms with E-state index in [1.54, 1.807) is 29.8 Å². The number of benzene rings is 1. The summed E-state index contributed by atoms with van der Waals surface area (Å²) < 4.78 is 7.43. The average Bonchev–Trinajstić information content (AvgIpc) is 2.34. The van der Waals surface area contributed by atoms with Crippen molar-refractivity contribution in [3.8, 4) is 5.75 Å². The third kappa shape index (κ3) is 2.66. The highest BCUT2D eigenvalue weighted by Gasteiger charge is 2.13. The molecule has 0 saturated heterocycles. The summed E-state index contributed by atoms with van der Waals surface area (Å²) in [4.78, 5) is 23.0. The van der Waals surface area contributed by atoms with Gasteiger partial charge in [-0.3, -0.25) is 9.59 Å². The number of fused-ring (bicyclic) bond motifs is 1. The van der Waals surface area contributed by atoms with Crippen LogP contribution in [-0.4, -0.2) is 21.7 Å². The van der Waals surface area contributed by atoms with Gasteiger partial charge in [0.05, 0.1) is 18.0 Å². The summed E-state index contributed by atoms with van der Waals surface area (Å²) in [6.45, 7) is 3.80. The number of pyridine rings is 1. The fourth-order valence-corrected chi connectivity index (χ4v) is 2.21. The minimum atomic E-state index is -0.971. The Kier molecular flexibility index (Phi) is 3.79. The summed E-state index contributed by atoms with van der Waals surface area (Å²) in [7, 11) is 1.74. The molecule has 2 rings (SSSR count). The minimum absolute atomic E-state index is 0.0289. The van der Waals surface area contributed by atoms with Crippen molar-refractivity contribution in [2.24, 2.45) is 7.05 Å². The number of carboxylic acid groups (broad SMARTS) is 1. The molecule has 0 aliphatic rings. The van der Waals surface area contributed by atoms with Gasteiger partial charge < -0.3 is 14.4 Å². The fourth-order valence-electron chi connectivity index (χ4n) is 2.21. The summed E-state index contributed by atoms with van der Waals surface area (Å²) >= 11 is 0. The first-order valence-electron chi connectivity index (χ1n) is 6.40. The molecule has 0 bridgehead atoms. The van der Waals surface area contributed by atoms with Gasteiger partial charge in [-0.25, -0.2) is 0 Å². The maximum Gasteiger partial charge on any atom is 0.309 e. The van der Waals surface area contributed by atoms with E-state index in [0.717, 1.165) is 0 Å². The van der Waals surface area contributed by atoms with E-state index < -0.39 is 5.97 Å². The van der Waals surface area contributed by atoms with Gasteiger partial charge in [0.25, 0.3) is 0 Å². The second kappa shape index (κ2) is 5.36. The topological polar surface area (TPSA) is 68.5 Å². The first-order chi connectivity index (χ1) is 9.40. The van der Waals surface area contributed by atoms with E-state index in [-0.39, 0.29) is 18.0 Å². The Morgan fingerprint density at radius 2 is 2.10 bits per heavy atom. The van der Waals surface area contributed by atoms with Gasteiger partial charge in [-0.1, -0.05) is 6.07 Å². The molecule has 0 unspecified atom stereocenters.